The average Bonchev–Trinajstić information content (AvgIpc) is 2.60. The van der Waals surface area contributed by atoms with Crippen molar-refractivity contribution in [2.24, 2.45) is 5.92 Å². The van der Waals surface area contributed by atoms with Gasteiger partial charge in [0.1, 0.15) is 6.17 Å². The fourth-order valence-electron chi connectivity index (χ4n) is 2.25. The number of hydrogen-bond acceptors (Lipinski definition) is 3. The van der Waals surface area contributed by atoms with Crippen LogP contribution in [0.2, 0.25) is 5.28 Å². The van der Waals surface area contributed by atoms with Gasteiger partial charge < -0.3 is 0 Å². The minimum Gasteiger partial charge on any atom is -0.296 e. The smallest absolute Gasteiger partial charge is 0.222 e. The first kappa shape index (κ1) is 12.7. The standard InChI is InChI=1S/C12H17ClFN3/c1-3-11-9(4-15-12(13)16-11)6-17-5-8(2)10(14)7-17/h4,8,10H,3,5-7H2,1-2H3/t8-,10?/m1/s1. The Morgan fingerprint density at radius 1 is 1.53 bits per heavy atom. The Labute approximate surface area is 106 Å². The molecule has 1 unspecified atom stereocenters. The number of aromatic nitrogens is 2. The largest absolute Gasteiger partial charge is 0.296 e. The van der Waals surface area contributed by atoms with Crippen molar-refractivity contribution in [3.63, 3.8) is 0 Å². The predicted molar refractivity (Wildman–Crippen MR) is 65.8 cm³/mol. The van der Waals surface area contributed by atoms with E-state index < -0.39 is 6.17 Å². The van der Waals surface area contributed by atoms with Gasteiger partial charge in [0.25, 0.3) is 0 Å². The molecule has 1 fully saturated rings. The van der Waals surface area contributed by atoms with Gasteiger partial charge in [-0.05, 0) is 18.0 Å². The molecule has 0 N–H and O–H groups in total. The summed E-state index contributed by atoms with van der Waals surface area (Å²) in [5.41, 5.74) is 2.01. The number of alkyl halides is 1. The van der Waals surface area contributed by atoms with E-state index in [9.17, 15) is 4.39 Å². The van der Waals surface area contributed by atoms with Crippen molar-refractivity contribution < 1.29 is 4.39 Å². The first-order chi connectivity index (χ1) is 8.10. The first-order valence-electron chi connectivity index (χ1n) is 5.96. The third kappa shape index (κ3) is 2.93. The van der Waals surface area contributed by atoms with Crippen molar-refractivity contribution in [3.8, 4) is 0 Å². The van der Waals surface area contributed by atoms with Crippen LogP contribution in [0.5, 0.6) is 0 Å². The van der Waals surface area contributed by atoms with Gasteiger partial charge in [0.2, 0.25) is 5.28 Å². The SMILES string of the molecule is CCc1nc(Cl)ncc1CN1CC(F)[C@H](C)C1. The van der Waals surface area contributed by atoms with E-state index in [1.165, 1.54) is 0 Å². The molecule has 0 amide bonds. The molecular weight excluding hydrogens is 241 g/mol. The van der Waals surface area contributed by atoms with Crippen molar-refractivity contribution in [1.29, 1.82) is 0 Å². The minimum atomic E-state index is -0.715. The van der Waals surface area contributed by atoms with Gasteiger partial charge in [-0.3, -0.25) is 4.90 Å². The Bertz CT molecular complexity index is 389. The number of rotatable bonds is 3. The molecule has 3 nitrogen and oxygen atoms in total. The number of nitrogens with zero attached hydrogens (tertiary/aromatic N) is 3. The lowest BCUT2D eigenvalue weighted by atomic mass is 10.1. The molecule has 0 saturated carbocycles. The molecule has 0 spiro atoms. The minimum absolute atomic E-state index is 0.119. The van der Waals surface area contributed by atoms with Crippen LogP contribution in [0.15, 0.2) is 6.20 Å². The summed E-state index contributed by atoms with van der Waals surface area (Å²) in [5.74, 6) is 0.119. The van der Waals surface area contributed by atoms with Crippen LogP contribution in [0.1, 0.15) is 25.1 Å². The highest BCUT2D eigenvalue weighted by atomic mass is 35.5. The maximum absolute atomic E-state index is 13.4. The monoisotopic (exact) mass is 257 g/mol. The van der Waals surface area contributed by atoms with Gasteiger partial charge in [-0.1, -0.05) is 13.8 Å². The topological polar surface area (TPSA) is 29.0 Å². The van der Waals surface area contributed by atoms with Gasteiger partial charge in [0.15, 0.2) is 0 Å². The maximum Gasteiger partial charge on any atom is 0.222 e. The molecule has 2 rings (SSSR count). The van der Waals surface area contributed by atoms with Crippen LogP contribution in [0.4, 0.5) is 4.39 Å². The first-order valence-corrected chi connectivity index (χ1v) is 6.34. The summed E-state index contributed by atoms with van der Waals surface area (Å²) < 4.78 is 13.4. The third-order valence-corrected chi connectivity index (χ3v) is 3.43. The van der Waals surface area contributed by atoms with E-state index in [1.807, 2.05) is 13.8 Å². The summed E-state index contributed by atoms with van der Waals surface area (Å²) in [5, 5.41) is 0.281. The predicted octanol–water partition coefficient (Wildman–Crippen LogP) is 2.48. The summed E-state index contributed by atoms with van der Waals surface area (Å²) >= 11 is 5.76. The molecule has 1 saturated heterocycles. The summed E-state index contributed by atoms with van der Waals surface area (Å²) in [4.78, 5) is 10.3. The molecule has 0 aromatic carbocycles. The molecule has 5 heteroatoms. The molecule has 0 bridgehead atoms. The van der Waals surface area contributed by atoms with E-state index >= 15 is 0 Å². The van der Waals surface area contributed by atoms with E-state index in [4.69, 9.17) is 11.6 Å². The Hall–Kier alpha value is -0.740. The van der Waals surface area contributed by atoms with Crippen LogP contribution in [0.25, 0.3) is 0 Å². The zero-order valence-corrected chi connectivity index (χ0v) is 10.9. The molecule has 2 atom stereocenters. The second-order valence-corrected chi connectivity index (χ2v) is 4.99. The number of likely N-dealkylation sites (tertiary alicyclic amines) is 1. The lowest BCUT2D eigenvalue weighted by molar-refractivity contribution is 0.273. The molecule has 1 aromatic heterocycles. The summed E-state index contributed by atoms with van der Waals surface area (Å²) in [6.07, 6.45) is 1.86. The zero-order chi connectivity index (χ0) is 12.4. The fraction of sp³-hybridized carbons (Fsp3) is 0.667. The number of aryl methyl sites for hydroxylation is 1. The van der Waals surface area contributed by atoms with E-state index in [1.54, 1.807) is 6.20 Å². The lowest BCUT2D eigenvalue weighted by Gasteiger charge is -2.16. The third-order valence-electron chi connectivity index (χ3n) is 3.25. The molecule has 0 aliphatic carbocycles. The van der Waals surface area contributed by atoms with Crippen LogP contribution in [-0.2, 0) is 13.0 Å². The van der Waals surface area contributed by atoms with Crippen molar-refractivity contribution in [3.05, 3.63) is 22.7 Å². The van der Waals surface area contributed by atoms with Gasteiger partial charge in [0.05, 0.1) is 0 Å². The van der Waals surface area contributed by atoms with Gasteiger partial charge in [-0.15, -0.1) is 0 Å². The summed E-state index contributed by atoms with van der Waals surface area (Å²) in [6.45, 7) is 6.00. The van der Waals surface area contributed by atoms with Gasteiger partial charge in [-0.2, -0.15) is 0 Å². The van der Waals surface area contributed by atoms with Crippen LogP contribution < -0.4 is 0 Å². The van der Waals surface area contributed by atoms with E-state index in [-0.39, 0.29) is 11.2 Å². The van der Waals surface area contributed by atoms with E-state index in [2.05, 4.69) is 14.9 Å². The Morgan fingerprint density at radius 3 is 2.88 bits per heavy atom. The van der Waals surface area contributed by atoms with Crippen molar-refractivity contribution in [2.75, 3.05) is 13.1 Å². The van der Waals surface area contributed by atoms with Gasteiger partial charge in [-0.25, -0.2) is 14.4 Å². The average molecular weight is 258 g/mol. The van der Waals surface area contributed by atoms with Crippen LogP contribution in [0.3, 0.4) is 0 Å². The maximum atomic E-state index is 13.4. The van der Waals surface area contributed by atoms with E-state index in [0.29, 0.717) is 13.1 Å². The number of halogens is 2. The summed E-state index contributed by atoms with van der Waals surface area (Å²) in [7, 11) is 0. The summed E-state index contributed by atoms with van der Waals surface area (Å²) in [6, 6.07) is 0. The molecule has 1 aliphatic rings. The lowest BCUT2D eigenvalue weighted by Crippen LogP contribution is -2.21. The van der Waals surface area contributed by atoms with E-state index in [0.717, 1.165) is 24.2 Å². The highest BCUT2D eigenvalue weighted by Gasteiger charge is 2.29. The van der Waals surface area contributed by atoms with Crippen molar-refractivity contribution in [2.45, 2.75) is 33.0 Å². The van der Waals surface area contributed by atoms with Gasteiger partial charge >= 0.3 is 0 Å². The van der Waals surface area contributed by atoms with Crippen molar-refractivity contribution >= 4 is 11.6 Å². The molecule has 94 valence electrons. The fourth-order valence-corrected chi connectivity index (χ4v) is 2.40. The van der Waals surface area contributed by atoms with Gasteiger partial charge in [0, 0.05) is 43.0 Å². The Kier molecular flexibility index (Phi) is 3.94. The molecule has 2 heterocycles. The quantitative estimate of drug-likeness (QED) is 0.779. The van der Waals surface area contributed by atoms with Crippen LogP contribution >= 0.6 is 11.6 Å². The second-order valence-electron chi connectivity index (χ2n) is 4.65. The molecule has 0 radical (unpaired) electrons. The molecular formula is C12H17ClFN3. The molecule has 1 aromatic rings. The normalized spacial score (nSPS) is 25.4. The molecule has 17 heavy (non-hydrogen) atoms. The molecule has 1 aliphatic heterocycles. The number of hydrogen-bond donors (Lipinski definition) is 0. The highest BCUT2D eigenvalue weighted by Crippen LogP contribution is 2.22. The second kappa shape index (κ2) is 5.27. The zero-order valence-electron chi connectivity index (χ0n) is 10.2. The highest BCUT2D eigenvalue weighted by molar-refractivity contribution is 6.28. The Morgan fingerprint density at radius 2 is 2.29 bits per heavy atom. The van der Waals surface area contributed by atoms with Crippen molar-refractivity contribution in [1.82, 2.24) is 14.9 Å². The van der Waals surface area contributed by atoms with Crippen LogP contribution in [0, 0.1) is 5.92 Å². The Balaban J connectivity index is 2.09. The van der Waals surface area contributed by atoms with Crippen LogP contribution in [-0.4, -0.2) is 34.1 Å².